The van der Waals surface area contributed by atoms with Crippen molar-refractivity contribution in [3.8, 4) is 0 Å². The third-order valence-corrected chi connectivity index (χ3v) is 0.368. The van der Waals surface area contributed by atoms with Crippen LogP contribution in [0.3, 0.4) is 0 Å². The van der Waals surface area contributed by atoms with Gasteiger partial charge in [0.2, 0.25) is 0 Å². The number of ether oxygens (including phenoxy) is 1. The molecule has 0 radical (unpaired) electrons. The summed E-state index contributed by atoms with van der Waals surface area (Å²) in [5.41, 5.74) is 0. The fourth-order valence-corrected chi connectivity index (χ4v) is 0.0833. The van der Waals surface area contributed by atoms with Crippen molar-refractivity contribution in [1.29, 1.82) is 0 Å². The van der Waals surface area contributed by atoms with E-state index in [1.54, 1.807) is 0 Å². The molecule has 3 heteroatoms. The molecule has 0 atom stereocenters. The standard InChI is InChI=1S/C4H6O2.ClH/c1-3-4(5)6-2;/h3H,1H2,2H3;1H/p-1. The summed E-state index contributed by atoms with van der Waals surface area (Å²) in [5, 5.41) is 0. The Morgan fingerprint density at radius 2 is 2.29 bits per heavy atom. The molecule has 0 unspecified atom stereocenters. The second-order valence-corrected chi connectivity index (χ2v) is 0.727. The first-order chi connectivity index (χ1) is 2.81. The molecule has 0 heterocycles. The van der Waals surface area contributed by atoms with Crippen LogP contribution in [0, 0.1) is 0 Å². The van der Waals surface area contributed by atoms with Gasteiger partial charge in [0.25, 0.3) is 0 Å². The summed E-state index contributed by atoms with van der Waals surface area (Å²) in [6.45, 7) is 3.16. The molecule has 0 N–H and O–H groups in total. The van der Waals surface area contributed by atoms with Gasteiger partial charge in [-0.2, -0.15) is 0 Å². The smallest absolute Gasteiger partial charge is 0.329 e. The van der Waals surface area contributed by atoms with Crippen molar-refractivity contribution in [3.05, 3.63) is 12.7 Å². The Labute approximate surface area is 48.6 Å². The molecule has 0 spiro atoms. The lowest BCUT2D eigenvalue weighted by Crippen LogP contribution is -3.00. The van der Waals surface area contributed by atoms with Gasteiger partial charge < -0.3 is 17.1 Å². The molecule has 0 saturated heterocycles. The minimum Gasteiger partial charge on any atom is -1.00 e. The van der Waals surface area contributed by atoms with E-state index in [9.17, 15) is 4.79 Å². The number of halogens is 1. The van der Waals surface area contributed by atoms with Crippen LogP contribution in [0.2, 0.25) is 0 Å². The van der Waals surface area contributed by atoms with Crippen molar-refractivity contribution in [3.63, 3.8) is 0 Å². The second-order valence-electron chi connectivity index (χ2n) is 0.727. The normalized spacial score (nSPS) is 5.86. The summed E-state index contributed by atoms with van der Waals surface area (Å²) < 4.78 is 4.14. The molecule has 0 aliphatic heterocycles. The molecule has 0 aromatic rings. The Morgan fingerprint density at radius 1 is 1.86 bits per heavy atom. The molecule has 0 aliphatic rings. The number of esters is 1. The molecule has 0 rings (SSSR count). The van der Waals surface area contributed by atoms with Crippen molar-refractivity contribution in [1.82, 2.24) is 0 Å². The molecule has 2 nitrogen and oxygen atoms in total. The van der Waals surface area contributed by atoms with Crippen LogP contribution >= 0.6 is 0 Å². The lowest BCUT2D eigenvalue weighted by atomic mass is 10.7. The number of hydrogen-bond donors (Lipinski definition) is 0. The molecule has 0 amide bonds. The minimum absolute atomic E-state index is 0. The van der Waals surface area contributed by atoms with Crippen LogP contribution in [-0.2, 0) is 9.53 Å². The van der Waals surface area contributed by atoms with E-state index < -0.39 is 5.97 Å². The average Bonchev–Trinajstić information content (AvgIpc) is 1.65. The van der Waals surface area contributed by atoms with Gasteiger partial charge in [-0.1, -0.05) is 6.58 Å². The van der Waals surface area contributed by atoms with Gasteiger partial charge in [-0.05, 0) is 0 Å². The molecular weight excluding hydrogens is 115 g/mol. The highest BCUT2D eigenvalue weighted by atomic mass is 35.5. The van der Waals surface area contributed by atoms with Crippen molar-refractivity contribution in [2.45, 2.75) is 0 Å². The van der Waals surface area contributed by atoms with Crippen LogP contribution < -0.4 is 12.4 Å². The predicted octanol–water partition coefficient (Wildman–Crippen LogP) is -2.65. The van der Waals surface area contributed by atoms with Gasteiger partial charge in [-0.3, -0.25) is 0 Å². The average molecular weight is 122 g/mol. The zero-order chi connectivity index (χ0) is 4.99. The van der Waals surface area contributed by atoms with Gasteiger partial charge in [0.05, 0.1) is 7.11 Å². The van der Waals surface area contributed by atoms with E-state index in [1.165, 1.54) is 7.11 Å². The summed E-state index contributed by atoms with van der Waals surface area (Å²) >= 11 is 0. The molecule has 0 fully saturated rings. The zero-order valence-corrected chi connectivity index (χ0v) is 4.73. The van der Waals surface area contributed by atoms with Gasteiger partial charge in [0, 0.05) is 6.08 Å². The van der Waals surface area contributed by atoms with E-state index in [4.69, 9.17) is 0 Å². The van der Waals surface area contributed by atoms with Crippen LogP contribution in [0.1, 0.15) is 0 Å². The van der Waals surface area contributed by atoms with Gasteiger partial charge in [0.1, 0.15) is 0 Å². The summed E-state index contributed by atoms with van der Waals surface area (Å²) in [5.74, 6) is -0.394. The fourth-order valence-electron chi connectivity index (χ4n) is 0.0833. The van der Waals surface area contributed by atoms with E-state index in [0.717, 1.165) is 6.08 Å². The Balaban J connectivity index is 0. The van der Waals surface area contributed by atoms with E-state index in [0.29, 0.717) is 0 Å². The molecule has 0 aromatic heterocycles. The Bertz CT molecular complexity index is 70.1. The number of carbonyl (C=O) groups excluding carboxylic acids is 1. The second kappa shape index (κ2) is 5.50. The van der Waals surface area contributed by atoms with Crippen LogP contribution in [0.4, 0.5) is 0 Å². The number of carbonyl (C=O) groups is 1. The maximum Gasteiger partial charge on any atom is 0.329 e. The summed E-state index contributed by atoms with van der Waals surface area (Å²) in [4.78, 5) is 9.84. The molecule has 0 bridgehead atoms. The Kier molecular flexibility index (Phi) is 7.63. The quantitative estimate of drug-likeness (QED) is 0.280. The van der Waals surface area contributed by atoms with Crippen molar-refractivity contribution < 1.29 is 21.9 Å². The third kappa shape index (κ3) is 5.50. The molecule has 7 heavy (non-hydrogen) atoms. The van der Waals surface area contributed by atoms with Gasteiger partial charge in [-0.25, -0.2) is 4.79 Å². The molecular formula is C4H6ClO2-. The van der Waals surface area contributed by atoms with Gasteiger partial charge >= 0.3 is 5.97 Å². The van der Waals surface area contributed by atoms with Crippen molar-refractivity contribution in [2.24, 2.45) is 0 Å². The molecule has 0 aromatic carbocycles. The minimum atomic E-state index is -0.394. The van der Waals surface area contributed by atoms with Gasteiger partial charge in [-0.15, -0.1) is 0 Å². The van der Waals surface area contributed by atoms with Gasteiger partial charge in [0.15, 0.2) is 0 Å². The summed E-state index contributed by atoms with van der Waals surface area (Å²) in [6.07, 6.45) is 1.11. The topological polar surface area (TPSA) is 26.3 Å². The lowest BCUT2D eigenvalue weighted by molar-refractivity contribution is -0.134. The Morgan fingerprint density at radius 3 is 2.29 bits per heavy atom. The largest absolute Gasteiger partial charge is 1.00 e. The monoisotopic (exact) mass is 121 g/mol. The maximum absolute atomic E-state index is 9.84. The molecule has 42 valence electrons. The van der Waals surface area contributed by atoms with E-state index in [-0.39, 0.29) is 12.4 Å². The van der Waals surface area contributed by atoms with Crippen LogP contribution in [0.15, 0.2) is 12.7 Å². The number of methoxy groups -OCH3 is 1. The number of rotatable bonds is 1. The van der Waals surface area contributed by atoms with E-state index >= 15 is 0 Å². The highest BCUT2D eigenvalue weighted by Gasteiger charge is 1.81. The SMILES string of the molecule is C=CC(=O)OC.[Cl-]. The maximum atomic E-state index is 9.84. The highest BCUT2D eigenvalue weighted by Crippen LogP contribution is 1.67. The Hall–Kier alpha value is -0.500. The highest BCUT2D eigenvalue weighted by molar-refractivity contribution is 5.80. The van der Waals surface area contributed by atoms with Crippen molar-refractivity contribution >= 4 is 5.97 Å². The fraction of sp³-hybridized carbons (Fsp3) is 0.250. The summed E-state index contributed by atoms with van der Waals surface area (Å²) in [6, 6.07) is 0. The predicted molar refractivity (Wildman–Crippen MR) is 22.2 cm³/mol. The van der Waals surface area contributed by atoms with Crippen LogP contribution in [-0.4, -0.2) is 13.1 Å². The van der Waals surface area contributed by atoms with Crippen LogP contribution in [0.5, 0.6) is 0 Å². The zero-order valence-electron chi connectivity index (χ0n) is 3.98. The first-order valence-corrected chi connectivity index (χ1v) is 1.51. The summed E-state index contributed by atoms with van der Waals surface area (Å²) in [7, 11) is 1.31. The third-order valence-electron chi connectivity index (χ3n) is 0.368. The van der Waals surface area contributed by atoms with Crippen molar-refractivity contribution in [2.75, 3.05) is 7.11 Å². The molecule has 0 saturated carbocycles. The first kappa shape index (κ1) is 9.71. The molecule has 0 aliphatic carbocycles. The first-order valence-electron chi connectivity index (χ1n) is 1.51. The van der Waals surface area contributed by atoms with Crippen LogP contribution in [0.25, 0.3) is 0 Å². The van der Waals surface area contributed by atoms with E-state index in [2.05, 4.69) is 11.3 Å². The lowest BCUT2D eigenvalue weighted by Gasteiger charge is -1.83. The number of hydrogen-bond acceptors (Lipinski definition) is 2. The van der Waals surface area contributed by atoms with E-state index in [1.807, 2.05) is 0 Å².